The van der Waals surface area contributed by atoms with Crippen LogP contribution in [0.5, 0.6) is 0 Å². The predicted molar refractivity (Wildman–Crippen MR) is 63.4 cm³/mol. The normalized spacial score (nSPS) is 26.8. The second-order valence-corrected chi connectivity index (χ2v) is 4.82. The molecule has 1 aromatic carbocycles. The molecule has 2 unspecified atom stereocenters. The zero-order valence-corrected chi connectivity index (χ0v) is 8.91. The van der Waals surface area contributed by atoms with Crippen molar-refractivity contribution in [1.29, 1.82) is 0 Å². The van der Waals surface area contributed by atoms with E-state index in [-0.39, 0.29) is 5.92 Å². The Morgan fingerprint density at radius 2 is 2.13 bits per heavy atom. The number of rotatable bonds is 1. The molecule has 2 heteroatoms. The van der Waals surface area contributed by atoms with Crippen LogP contribution in [0.25, 0.3) is 6.08 Å². The second kappa shape index (κ2) is 3.38. The number of fused-ring (bicyclic) bond motifs is 3. The van der Waals surface area contributed by atoms with Gasteiger partial charge in [-0.15, -0.1) is 11.8 Å². The molecule has 15 heavy (non-hydrogen) atoms. The number of aldehydes is 1. The molecule has 2 aliphatic rings. The van der Waals surface area contributed by atoms with Crippen LogP contribution >= 0.6 is 11.8 Å². The van der Waals surface area contributed by atoms with Crippen LogP contribution in [-0.4, -0.2) is 6.29 Å². The van der Waals surface area contributed by atoms with Crippen molar-refractivity contribution >= 4 is 24.1 Å². The lowest BCUT2D eigenvalue weighted by Gasteiger charge is -2.23. The van der Waals surface area contributed by atoms with Crippen LogP contribution in [0.15, 0.2) is 41.3 Å². The molecular weight excluding hydrogens is 204 g/mol. The van der Waals surface area contributed by atoms with Crippen molar-refractivity contribution in [3.05, 3.63) is 52.4 Å². The molecule has 0 saturated heterocycles. The molecule has 1 aromatic rings. The summed E-state index contributed by atoms with van der Waals surface area (Å²) in [6, 6.07) is 8.40. The van der Waals surface area contributed by atoms with Crippen molar-refractivity contribution in [2.75, 3.05) is 0 Å². The molecule has 0 aromatic heterocycles. The van der Waals surface area contributed by atoms with E-state index in [9.17, 15) is 4.79 Å². The SMILES string of the molecule is O=CC1=CSC2c3ccccc3C=CC12. The lowest BCUT2D eigenvalue weighted by Crippen LogP contribution is -2.11. The minimum Gasteiger partial charge on any atom is -0.298 e. The minimum atomic E-state index is 0.280. The maximum Gasteiger partial charge on any atom is 0.147 e. The fourth-order valence-electron chi connectivity index (χ4n) is 2.20. The third kappa shape index (κ3) is 1.29. The van der Waals surface area contributed by atoms with Crippen molar-refractivity contribution in [2.45, 2.75) is 5.25 Å². The fourth-order valence-corrected chi connectivity index (χ4v) is 3.50. The molecule has 74 valence electrons. The van der Waals surface area contributed by atoms with E-state index in [1.165, 1.54) is 11.1 Å². The van der Waals surface area contributed by atoms with Gasteiger partial charge in [-0.3, -0.25) is 4.79 Å². The van der Waals surface area contributed by atoms with Crippen molar-refractivity contribution < 1.29 is 4.79 Å². The van der Waals surface area contributed by atoms with E-state index in [4.69, 9.17) is 0 Å². The maximum atomic E-state index is 10.9. The number of carbonyl (C=O) groups excluding carboxylic acids is 1. The summed E-state index contributed by atoms with van der Waals surface area (Å²) in [6.45, 7) is 0. The molecule has 1 aliphatic heterocycles. The van der Waals surface area contributed by atoms with Gasteiger partial charge in [0.2, 0.25) is 0 Å². The van der Waals surface area contributed by atoms with Crippen molar-refractivity contribution in [1.82, 2.24) is 0 Å². The van der Waals surface area contributed by atoms with E-state index in [0.717, 1.165) is 11.9 Å². The summed E-state index contributed by atoms with van der Waals surface area (Å²) in [5.74, 6) is 0.280. The Balaban J connectivity index is 2.08. The Bertz CT molecular complexity index is 473. The van der Waals surface area contributed by atoms with Gasteiger partial charge in [0.25, 0.3) is 0 Å². The lowest BCUT2D eigenvalue weighted by molar-refractivity contribution is -0.105. The summed E-state index contributed by atoms with van der Waals surface area (Å²) >= 11 is 1.76. The van der Waals surface area contributed by atoms with Gasteiger partial charge in [0.1, 0.15) is 6.29 Å². The van der Waals surface area contributed by atoms with E-state index in [2.05, 4.69) is 36.4 Å². The Hall–Kier alpha value is -1.28. The molecular formula is C13H10OS. The molecule has 0 N–H and O–H groups in total. The number of carbonyl (C=O) groups is 1. The Morgan fingerprint density at radius 3 is 3.00 bits per heavy atom. The largest absolute Gasteiger partial charge is 0.298 e. The number of hydrogen-bond acceptors (Lipinski definition) is 2. The molecule has 0 fully saturated rings. The third-order valence-corrected chi connectivity index (χ3v) is 4.23. The first-order valence-electron chi connectivity index (χ1n) is 4.98. The van der Waals surface area contributed by atoms with E-state index >= 15 is 0 Å². The summed E-state index contributed by atoms with van der Waals surface area (Å²) in [6.07, 6.45) is 5.25. The quantitative estimate of drug-likeness (QED) is 0.668. The Labute approximate surface area is 92.9 Å². The van der Waals surface area contributed by atoms with E-state index in [1.54, 1.807) is 11.8 Å². The first-order chi connectivity index (χ1) is 7.40. The number of benzene rings is 1. The van der Waals surface area contributed by atoms with Gasteiger partial charge in [0.05, 0.1) is 0 Å². The summed E-state index contributed by atoms with van der Waals surface area (Å²) in [7, 11) is 0. The van der Waals surface area contributed by atoms with Crippen LogP contribution in [0.3, 0.4) is 0 Å². The fraction of sp³-hybridized carbons (Fsp3) is 0.154. The van der Waals surface area contributed by atoms with Gasteiger partial charge in [-0.2, -0.15) is 0 Å². The molecule has 3 rings (SSSR count). The van der Waals surface area contributed by atoms with Crippen molar-refractivity contribution in [3.8, 4) is 0 Å². The van der Waals surface area contributed by atoms with Gasteiger partial charge in [0, 0.05) is 16.7 Å². The monoisotopic (exact) mass is 214 g/mol. The molecule has 0 spiro atoms. The maximum absolute atomic E-state index is 10.9. The number of hydrogen-bond donors (Lipinski definition) is 0. The molecule has 0 amide bonds. The summed E-state index contributed by atoms with van der Waals surface area (Å²) in [4.78, 5) is 10.9. The van der Waals surface area contributed by atoms with Crippen molar-refractivity contribution in [3.63, 3.8) is 0 Å². The van der Waals surface area contributed by atoms with Crippen LogP contribution in [0.4, 0.5) is 0 Å². The van der Waals surface area contributed by atoms with Crippen LogP contribution in [0, 0.1) is 5.92 Å². The van der Waals surface area contributed by atoms with Gasteiger partial charge >= 0.3 is 0 Å². The summed E-state index contributed by atoms with van der Waals surface area (Å²) in [5.41, 5.74) is 3.55. The van der Waals surface area contributed by atoms with E-state index in [0.29, 0.717) is 5.25 Å². The first-order valence-corrected chi connectivity index (χ1v) is 5.92. The number of thioether (sulfide) groups is 1. The Kier molecular flexibility index (Phi) is 2.03. The van der Waals surface area contributed by atoms with Crippen LogP contribution < -0.4 is 0 Å². The molecule has 0 saturated carbocycles. The smallest absolute Gasteiger partial charge is 0.147 e. The van der Waals surface area contributed by atoms with Gasteiger partial charge in [-0.05, 0) is 16.5 Å². The first kappa shape index (κ1) is 8.98. The van der Waals surface area contributed by atoms with Gasteiger partial charge in [-0.25, -0.2) is 0 Å². The van der Waals surface area contributed by atoms with Crippen LogP contribution in [0.1, 0.15) is 16.4 Å². The highest BCUT2D eigenvalue weighted by molar-refractivity contribution is 8.02. The highest BCUT2D eigenvalue weighted by Gasteiger charge is 2.32. The molecule has 1 heterocycles. The molecule has 2 atom stereocenters. The minimum absolute atomic E-state index is 0.280. The highest BCUT2D eigenvalue weighted by Crippen LogP contribution is 2.50. The van der Waals surface area contributed by atoms with Gasteiger partial charge in [0.15, 0.2) is 0 Å². The second-order valence-electron chi connectivity index (χ2n) is 3.81. The summed E-state index contributed by atoms with van der Waals surface area (Å²) < 4.78 is 0. The van der Waals surface area contributed by atoms with Crippen molar-refractivity contribution in [2.24, 2.45) is 5.92 Å². The highest BCUT2D eigenvalue weighted by atomic mass is 32.2. The zero-order chi connectivity index (χ0) is 10.3. The lowest BCUT2D eigenvalue weighted by atomic mass is 9.86. The third-order valence-electron chi connectivity index (χ3n) is 2.98. The van der Waals surface area contributed by atoms with Gasteiger partial charge < -0.3 is 0 Å². The van der Waals surface area contributed by atoms with Crippen LogP contribution in [-0.2, 0) is 4.79 Å². The predicted octanol–water partition coefficient (Wildman–Crippen LogP) is 3.20. The average Bonchev–Trinajstić information content (AvgIpc) is 2.72. The van der Waals surface area contributed by atoms with E-state index < -0.39 is 0 Å². The number of allylic oxidation sites excluding steroid dienone is 2. The molecule has 0 bridgehead atoms. The van der Waals surface area contributed by atoms with E-state index in [1.807, 2.05) is 5.41 Å². The molecule has 0 radical (unpaired) electrons. The Morgan fingerprint density at radius 1 is 1.27 bits per heavy atom. The standard InChI is InChI=1S/C13H10OS/c14-7-10-8-15-13-11-4-2-1-3-9(11)5-6-12(10)13/h1-8,12-13H. The molecule has 1 nitrogen and oxygen atoms in total. The molecule has 1 aliphatic carbocycles. The summed E-state index contributed by atoms with van der Waals surface area (Å²) in [5, 5.41) is 2.40. The zero-order valence-electron chi connectivity index (χ0n) is 8.09. The average molecular weight is 214 g/mol. The van der Waals surface area contributed by atoms with Crippen LogP contribution in [0.2, 0.25) is 0 Å². The topological polar surface area (TPSA) is 17.1 Å². The van der Waals surface area contributed by atoms with Gasteiger partial charge in [-0.1, -0.05) is 36.4 Å².